The summed E-state index contributed by atoms with van der Waals surface area (Å²) in [5, 5.41) is 0. The molecule has 3 rings (SSSR count). The molecule has 1 aliphatic heterocycles. The zero-order chi connectivity index (χ0) is 17.2. The van der Waals surface area contributed by atoms with Crippen LogP contribution >= 0.6 is 0 Å². The van der Waals surface area contributed by atoms with Gasteiger partial charge in [-0.15, -0.1) is 0 Å². The SMILES string of the molecule is O=C(C1=C(N2CCCCC2)CCCC1)c1ccc(C(F)(F)F)cc1. The average molecular weight is 337 g/mol. The second kappa shape index (κ2) is 6.99. The first-order valence-corrected chi connectivity index (χ1v) is 8.66. The van der Waals surface area contributed by atoms with E-state index in [0.717, 1.165) is 75.0 Å². The highest BCUT2D eigenvalue weighted by atomic mass is 19.4. The lowest BCUT2D eigenvalue weighted by Gasteiger charge is -2.34. The Balaban J connectivity index is 1.87. The molecule has 0 bridgehead atoms. The minimum Gasteiger partial charge on any atom is -0.374 e. The number of rotatable bonds is 3. The summed E-state index contributed by atoms with van der Waals surface area (Å²) in [5.41, 5.74) is 1.58. The minimum absolute atomic E-state index is 0.107. The lowest BCUT2D eigenvalue weighted by molar-refractivity contribution is -0.137. The highest BCUT2D eigenvalue weighted by molar-refractivity contribution is 6.09. The lowest BCUT2D eigenvalue weighted by Crippen LogP contribution is -2.32. The Morgan fingerprint density at radius 2 is 1.50 bits per heavy atom. The monoisotopic (exact) mass is 337 g/mol. The fourth-order valence-electron chi connectivity index (χ4n) is 3.63. The second-order valence-corrected chi connectivity index (χ2v) is 6.58. The fourth-order valence-corrected chi connectivity index (χ4v) is 3.63. The summed E-state index contributed by atoms with van der Waals surface area (Å²) in [6, 6.07) is 4.61. The third-order valence-electron chi connectivity index (χ3n) is 4.92. The molecule has 0 N–H and O–H groups in total. The van der Waals surface area contributed by atoms with Gasteiger partial charge in [0.15, 0.2) is 5.78 Å². The van der Waals surface area contributed by atoms with Gasteiger partial charge >= 0.3 is 6.18 Å². The Labute approximate surface area is 140 Å². The summed E-state index contributed by atoms with van der Waals surface area (Å²) in [5.74, 6) is -0.107. The first kappa shape index (κ1) is 17.1. The van der Waals surface area contributed by atoms with Gasteiger partial charge in [0, 0.05) is 29.9 Å². The number of piperidine rings is 1. The molecule has 0 saturated carbocycles. The first-order chi connectivity index (χ1) is 11.5. The van der Waals surface area contributed by atoms with Gasteiger partial charge in [0.05, 0.1) is 5.56 Å². The molecule has 1 saturated heterocycles. The number of allylic oxidation sites excluding steroid dienone is 2. The highest BCUT2D eigenvalue weighted by Crippen LogP contribution is 2.33. The van der Waals surface area contributed by atoms with Crippen LogP contribution in [0.1, 0.15) is 60.9 Å². The number of hydrogen-bond donors (Lipinski definition) is 0. The van der Waals surface area contributed by atoms with E-state index in [1.165, 1.54) is 18.6 Å². The summed E-state index contributed by atoms with van der Waals surface area (Å²) in [4.78, 5) is 15.2. The van der Waals surface area contributed by atoms with E-state index in [1.54, 1.807) is 0 Å². The molecule has 0 spiro atoms. The molecule has 1 aromatic rings. The van der Waals surface area contributed by atoms with Gasteiger partial charge < -0.3 is 4.90 Å². The number of benzene rings is 1. The van der Waals surface area contributed by atoms with E-state index >= 15 is 0 Å². The predicted octanol–water partition coefficient (Wildman–Crippen LogP) is 5.20. The van der Waals surface area contributed by atoms with Crippen molar-refractivity contribution in [3.63, 3.8) is 0 Å². The van der Waals surface area contributed by atoms with E-state index in [0.29, 0.717) is 5.56 Å². The number of alkyl halides is 3. The number of halogens is 3. The van der Waals surface area contributed by atoms with Crippen molar-refractivity contribution in [1.82, 2.24) is 4.90 Å². The van der Waals surface area contributed by atoms with E-state index in [-0.39, 0.29) is 5.78 Å². The molecule has 2 nitrogen and oxygen atoms in total. The smallest absolute Gasteiger partial charge is 0.374 e. The van der Waals surface area contributed by atoms with E-state index < -0.39 is 11.7 Å². The Kier molecular flexibility index (Phi) is 4.97. The van der Waals surface area contributed by atoms with Crippen LogP contribution in [0.15, 0.2) is 35.5 Å². The molecule has 24 heavy (non-hydrogen) atoms. The number of Topliss-reactive ketones (excluding diaryl/α,β-unsaturated/α-hetero) is 1. The van der Waals surface area contributed by atoms with Crippen molar-refractivity contribution >= 4 is 5.78 Å². The lowest BCUT2D eigenvalue weighted by atomic mass is 9.89. The van der Waals surface area contributed by atoms with Gasteiger partial charge in [-0.3, -0.25) is 4.79 Å². The third-order valence-corrected chi connectivity index (χ3v) is 4.92. The first-order valence-electron chi connectivity index (χ1n) is 8.66. The van der Waals surface area contributed by atoms with Crippen LogP contribution in [0.25, 0.3) is 0 Å². The van der Waals surface area contributed by atoms with Crippen LogP contribution in [0.4, 0.5) is 13.2 Å². The molecular formula is C19H22F3NO. The Morgan fingerprint density at radius 1 is 0.875 bits per heavy atom. The topological polar surface area (TPSA) is 20.3 Å². The highest BCUT2D eigenvalue weighted by Gasteiger charge is 2.31. The number of carbonyl (C=O) groups excluding carboxylic acids is 1. The van der Waals surface area contributed by atoms with Crippen LogP contribution in [-0.4, -0.2) is 23.8 Å². The molecule has 0 amide bonds. The van der Waals surface area contributed by atoms with Crippen LogP contribution in [-0.2, 0) is 6.18 Å². The summed E-state index contributed by atoms with van der Waals surface area (Å²) < 4.78 is 38.0. The molecule has 1 heterocycles. The van der Waals surface area contributed by atoms with Crippen molar-refractivity contribution in [3.8, 4) is 0 Å². The molecular weight excluding hydrogens is 315 g/mol. The van der Waals surface area contributed by atoms with Crippen molar-refractivity contribution in [2.24, 2.45) is 0 Å². The zero-order valence-corrected chi connectivity index (χ0v) is 13.7. The van der Waals surface area contributed by atoms with Gasteiger partial charge in [-0.2, -0.15) is 13.2 Å². The van der Waals surface area contributed by atoms with Crippen LogP contribution < -0.4 is 0 Å². The Hall–Kier alpha value is -1.78. The van der Waals surface area contributed by atoms with Crippen molar-refractivity contribution in [2.75, 3.05) is 13.1 Å². The molecule has 0 aromatic heterocycles. The van der Waals surface area contributed by atoms with E-state index in [1.807, 2.05) is 0 Å². The van der Waals surface area contributed by atoms with Crippen LogP contribution in [0, 0.1) is 0 Å². The van der Waals surface area contributed by atoms with Gasteiger partial charge in [-0.1, -0.05) is 12.1 Å². The normalized spacial score (nSPS) is 19.5. The molecule has 0 radical (unpaired) electrons. The number of ketones is 1. The second-order valence-electron chi connectivity index (χ2n) is 6.58. The molecule has 0 unspecified atom stereocenters. The number of hydrogen-bond acceptors (Lipinski definition) is 2. The Morgan fingerprint density at radius 3 is 2.12 bits per heavy atom. The molecule has 1 aromatic carbocycles. The summed E-state index contributed by atoms with van der Waals surface area (Å²) >= 11 is 0. The van der Waals surface area contributed by atoms with Gasteiger partial charge in [-0.05, 0) is 57.1 Å². The molecule has 1 aliphatic carbocycles. The third kappa shape index (κ3) is 3.65. The summed E-state index contributed by atoms with van der Waals surface area (Å²) in [6.07, 6.45) is 2.83. The van der Waals surface area contributed by atoms with Gasteiger partial charge in [0.1, 0.15) is 0 Å². The Bertz CT molecular complexity index is 625. The van der Waals surface area contributed by atoms with Gasteiger partial charge in [-0.25, -0.2) is 0 Å². The standard InChI is InChI=1S/C19H22F3NO/c20-19(21,22)15-10-8-14(9-11-15)18(24)16-6-2-3-7-17(16)23-12-4-1-5-13-23/h8-11H,1-7,12-13H2. The van der Waals surface area contributed by atoms with Crippen molar-refractivity contribution in [3.05, 3.63) is 46.7 Å². The summed E-state index contributed by atoms with van der Waals surface area (Å²) in [6.45, 7) is 1.97. The number of likely N-dealkylation sites (tertiary alicyclic amines) is 1. The maximum atomic E-state index is 12.8. The molecule has 5 heteroatoms. The predicted molar refractivity (Wildman–Crippen MR) is 86.7 cm³/mol. The van der Waals surface area contributed by atoms with Crippen LogP contribution in [0.3, 0.4) is 0 Å². The number of nitrogens with zero attached hydrogens (tertiary/aromatic N) is 1. The molecule has 2 aliphatic rings. The molecule has 130 valence electrons. The van der Waals surface area contributed by atoms with Crippen LogP contribution in [0.2, 0.25) is 0 Å². The van der Waals surface area contributed by atoms with Gasteiger partial charge in [0.25, 0.3) is 0 Å². The van der Waals surface area contributed by atoms with E-state index in [4.69, 9.17) is 0 Å². The quantitative estimate of drug-likeness (QED) is 0.706. The fraction of sp³-hybridized carbons (Fsp3) is 0.526. The van der Waals surface area contributed by atoms with Crippen molar-refractivity contribution in [1.29, 1.82) is 0 Å². The number of carbonyl (C=O) groups is 1. The van der Waals surface area contributed by atoms with Crippen LogP contribution in [0.5, 0.6) is 0 Å². The van der Waals surface area contributed by atoms with Gasteiger partial charge in [0.2, 0.25) is 0 Å². The zero-order valence-electron chi connectivity index (χ0n) is 13.7. The van der Waals surface area contributed by atoms with Crippen molar-refractivity contribution < 1.29 is 18.0 Å². The maximum Gasteiger partial charge on any atom is 0.416 e. The minimum atomic E-state index is -4.37. The molecule has 1 fully saturated rings. The van der Waals surface area contributed by atoms with E-state index in [9.17, 15) is 18.0 Å². The summed E-state index contributed by atoms with van der Waals surface area (Å²) in [7, 11) is 0. The largest absolute Gasteiger partial charge is 0.416 e. The van der Waals surface area contributed by atoms with Crippen molar-refractivity contribution in [2.45, 2.75) is 51.1 Å². The van der Waals surface area contributed by atoms with E-state index in [2.05, 4.69) is 4.90 Å². The molecule has 0 atom stereocenters. The average Bonchev–Trinajstić information content (AvgIpc) is 2.61. The maximum absolute atomic E-state index is 12.8.